The van der Waals surface area contributed by atoms with E-state index in [0.717, 1.165) is 44.7 Å². The molecule has 0 unspecified atom stereocenters. The van der Waals surface area contributed by atoms with Crippen molar-refractivity contribution in [3.05, 3.63) is 64.7 Å². The summed E-state index contributed by atoms with van der Waals surface area (Å²) in [6.07, 6.45) is 4.16. The van der Waals surface area contributed by atoms with E-state index in [1.165, 1.54) is 6.08 Å². The van der Waals surface area contributed by atoms with Crippen molar-refractivity contribution in [2.75, 3.05) is 53.5 Å². The number of ketones is 1. The van der Waals surface area contributed by atoms with Crippen LogP contribution in [0.25, 0.3) is 6.08 Å². The van der Waals surface area contributed by atoms with Crippen molar-refractivity contribution >= 4 is 23.5 Å². The number of halogens is 1. The highest BCUT2D eigenvalue weighted by atomic mass is 35.5. The lowest BCUT2D eigenvalue weighted by atomic mass is 10.1. The van der Waals surface area contributed by atoms with E-state index in [1.807, 2.05) is 18.2 Å². The number of hydrogen-bond donors (Lipinski definition) is 0. The van der Waals surface area contributed by atoms with Gasteiger partial charge in [-0.15, -0.1) is 0 Å². The van der Waals surface area contributed by atoms with E-state index in [2.05, 4.69) is 16.8 Å². The van der Waals surface area contributed by atoms with Crippen LogP contribution >= 0.6 is 11.6 Å². The number of hydrogen-bond acceptors (Lipinski definition) is 5. The van der Waals surface area contributed by atoms with Crippen molar-refractivity contribution in [2.24, 2.45) is 0 Å². The van der Waals surface area contributed by atoms with Crippen LogP contribution < -0.4 is 9.47 Å². The number of benzene rings is 2. The van der Waals surface area contributed by atoms with Crippen LogP contribution in [0.4, 0.5) is 0 Å². The molecule has 0 N–H and O–H groups in total. The molecule has 1 aliphatic heterocycles. The zero-order valence-electron chi connectivity index (χ0n) is 17.6. The number of allylic oxidation sites excluding steroid dienone is 1. The molecule has 2 aromatic carbocycles. The van der Waals surface area contributed by atoms with E-state index in [9.17, 15) is 4.79 Å². The predicted octanol–water partition coefficient (Wildman–Crippen LogP) is 4.26. The van der Waals surface area contributed by atoms with E-state index in [-0.39, 0.29) is 5.78 Å². The van der Waals surface area contributed by atoms with Gasteiger partial charge >= 0.3 is 0 Å². The molecule has 0 aromatic heterocycles. The molecule has 3 rings (SSSR count). The molecule has 1 saturated heterocycles. The fraction of sp³-hybridized carbons (Fsp3) is 0.375. The molecule has 0 spiro atoms. The number of carbonyl (C=O) groups is 1. The second-order valence-electron chi connectivity index (χ2n) is 7.43. The lowest BCUT2D eigenvalue weighted by Crippen LogP contribution is -2.44. The number of likely N-dealkylation sites (N-methyl/N-ethyl adjacent to an activating group) is 1. The standard InChI is InChI=1S/C24H29ClN2O3/c1-26-13-15-27(16-14-26)12-5-17-30-24-18-20(29-2)9-10-21(24)23(28)11-8-19-6-3-4-7-22(19)25/h3-4,6-11,18H,5,12-17H2,1-2H3. The minimum Gasteiger partial charge on any atom is -0.497 e. The van der Waals surface area contributed by atoms with Gasteiger partial charge in [-0.25, -0.2) is 0 Å². The molecule has 0 bridgehead atoms. The monoisotopic (exact) mass is 428 g/mol. The van der Waals surface area contributed by atoms with Crippen molar-refractivity contribution in [3.8, 4) is 11.5 Å². The Morgan fingerprint density at radius 3 is 2.63 bits per heavy atom. The zero-order valence-corrected chi connectivity index (χ0v) is 18.4. The van der Waals surface area contributed by atoms with Gasteiger partial charge in [0.25, 0.3) is 0 Å². The van der Waals surface area contributed by atoms with Crippen LogP contribution in [0.3, 0.4) is 0 Å². The fourth-order valence-electron chi connectivity index (χ4n) is 3.36. The Labute approximate surface area is 183 Å². The highest BCUT2D eigenvalue weighted by Gasteiger charge is 2.14. The molecule has 1 aliphatic rings. The van der Waals surface area contributed by atoms with Crippen LogP contribution in [-0.2, 0) is 0 Å². The van der Waals surface area contributed by atoms with E-state index in [0.29, 0.717) is 28.7 Å². The number of methoxy groups -OCH3 is 1. The number of nitrogens with zero attached hydrogens (tertiary/aromatic N) is 2. The maximum atomic E-state index is 12.8. The smallest absolute Gasteiger partial charge is 0.189 e. The van der Waals surface area contributed by atoms with Crippen LogP contribution in [0.5, 0.6) is 11.5 Å². The third kappa shape index (κ3) is 6.33. The van der Waals surface area contributed by atoms with Crippen molar-refractivity contribution in [1.29, 1.82) is 0 Å². The molecule has 1 fully saturated rings. The summed E-state index contributed by atoms with van der Waals surface area (Å²) < 4.78 is 11.3. The molecule has 0 saturated carbocycles. The highest BCUT2D eigenvalue weighted by Crippen LogP contribution is 2.26. The first-order valence-electron chi connectivity index (χ1n) is 10.3. The SMILES string of the molecule is COc1ccc(C(=O)C=Cc2ccccc2Cl)c(OCCCN2CCN(C)CC2)c1. The first-order chi connectivity index (χ1) is 14.6. The Hall–Kier alpha value is -2.34. The molecular weight excluding hydrogens is 400 g/mol. The molecule has 2 aromatic rings. The minimum absolute atomic E-state index is 0.133. The maximum absolute atomic E-state index is 12.8. The third-order valence-corrected chi connectivity index (χ3v) is 5.59. The summed E-state index contributed by atoms with van der Waals surface area (Å²) in [5, 5.41) is 0.608. The molecular formula is C24H29ClN2O3. The average Bonchev–Trinajstić information content (AvgIpc) is 2.77. The average molecular weight is 429 g/mol. The van der Waals surface area contributed by atoms with Gasteiger partial charge in [-0.2, -0.15) is 0 Å². The van der Waals surface area contributed by atoms with Gasteiger partial charge in [0, 0.05) is 43.8 Å². The lowest BCUT2D eigenvalue weighted by molar-refractivity contribution is 0.104. The summed E-state index contributed by atoms with van der Waals surface area (Å²) in [5.41, 5.74) is 1.31. The van der Waals surface area contributed by atoms with Crippen LogP contribution in [0.15, 0.2) is 48.5 Å². The lowest BCUT2D eigenvalue weighted by Gasteiger charge is -2.32. The number of ether oxygens (including phenoxy) is 2. The fourth-order valence-corrected chi connectivity index (χ4v) is 3.56. The molecule has 6 heteroatoms. The number of piperazine rings is 1. The molecule has 0 radical (unpaired) electrons. The summed E-state index contributed by atoms with van der Waals surface area (Å²) in [6, 6.07) is 12.7. The Balaban J connectivity index is 1.62. The molecule has 30 heavy (non-hydrogen) atoms. The molecule has 0 atom stereocenters. The Morgan fingerprint density at radius 1 is 1.13 bits per heavy atom. The molecule has 160 valence electrons. The van der Waals surface area contributed by atoms with Crippen molar-refractivity contribution in [3.63, 3.8) is 0 Å². The first kappa shape index (κ1) is 22.3. The highest BCUT2D eigenvalue weighted by molar-refractivity contribution is 6.32. The van der Waals surface area contributed by atoms with Crippen LogP contribution in [-0.4, -0.2) is 69.1 Å². The van der Waals surface area contributed by atoms with E-state index in [4.69, 9.17) is 21.1 Å². The van der Waals surface area contributed by atoms with Gasteiger partial charge < -0.3 is 19.3 Å². The Bertz CT molecular complexity index is 877. The normalized spacial score (nSPS) is 15.4. The van der Waals surface area contributed by atoms with E-state index < -0.39 is 0 Å². The van der Waals surface area contributed by atoms with E-state index in [1.54, 1.807) is 37.5 Å². The summed E-state index contributed by atoms with van der Waals surface area (Å²) in [7, 11) is 3.76. The Morgan fingerprint density at radius 2 is 1.90 bits per heavy atom. The maximum Gasteiger partial charge on any atom is 0.189 e. The van der Waals surface area contributed by atoms with Crippen LogP contribution in [0.1, 0.15) is 22.3 Å². The topological polar surface area (TPSA) is 42.0 Å². The zero-order chi connectivity index (χ0) is 21.3. The molecule has 0 amide bonds. The second-order valence-corrected chi connectivity index (χ2v) is 7.84. The third-order valence-electron chi connectivity index (χ3n) is 5.25. The quantitative estimate of drug-likeness (QED) is 0.339. The molecule has 1 heterocycles. The van der Waals surface area contributed by atoms with Crippen molar-refractivity contribution < 1.29 is 14.3 Å². The second kappa shape index (κ2) is 11.2. The molecule has 0 aliphatic carbocycles. The largest absolute Gasteiger partial charge is 0.497 e. The van der Waals surface area contributed by atoms with Crippen molar-refractivity contribution in [1.82, 2.24) is 9.80 Å². The number of carbonyl (C=O) groups excluding carboxylic acids is 1. The van der Waals surface area contributed by atoms with Gasteiger partial charge in [-0.3, -0.25) is 4.79 Å². The van der Waals surface area contributed by atoms with Gasteiger partial charge in [0.1, 0.15) is 11.5 Å². The summed E-state index contributed by atoms with van der Waals surface area (Å²) in [4.78, 5) is 17.6. The first-order valence-corrected chi connectivity index (χ1v) is 10.6. The number of rotatable bonds is 9. The predicted molar refractivity (Wildman–Crippen MR) is 122 cm³/mol. The van der Waals surface area contributed by atoms with Gasteiger partial charge in [0.05, 0.1) is 19.3 Å². The summed E-state index contributed by atoms with van der Waals surface area (Å²) in [6.45, 7) is 5.93. The van der Waals surface area contributed by atoms with Crippen LogP contribution in [0, 0.1) is 0 Å². The van der Waals surface area contributed by atoms with Crippen molar-refractivity contribution in [2.45, 2.75) is 6.42 Å². The molecule has 5 nitrogen and oxygen atoms in total. The van der Waals surface area contributed by atoms with Crippen LogP contribution in [0.2, 0.25) is 5.02 Å². The van der Waals surface area contributed by atoms with E-state index >= 15 is 0 Å². The van der Waals surface area contributed by atoms with Gasteiger partial charge in [0.15, 0.2) is 5.78 Å². The summed E-state index contributed by atoms with van der Waals surface area (Å²) >= 11 is 6.17. The van der Waals surface area contributed by atoms with Gasteiger partial charge in [-0.05, 0) is 49.4 Å². The van der Waals surface area contributed by atoms with Gasteiger partial charge in [0.2, 0.25) is 0 Å². The Kier molecular flexibility index (Phi) is 8.31. The summed E-state index contributed by atoms with van der Waals surface area (Å²) in [5.74, 6) is 1.07. The minimum atomic E-state index is -0.133. The van der Waals surface area contributed by atoms with Gasteiger partial charge in [-0.1, -0.05) is 29.8 Å².